The molecule has 0 saturated heterocycles. The maximum Gasteiger partial charge on any atom is 0.322 e. The zero-order valence-electron chi connectivity index (χ0n) is 8.16. The quantitative estimate of drug-likeness (QED) is 0.450. The Morgan fingerprint density at radius 1 is 1.54 bits per heavy atom. The molecule has 1 atom stereocenters. The number of ether oxygens (including phenoxy) is 1. The number of carbonyl (C=O) groups is 1. The Bertz CT molecular complexity index is 139. The summed E-state index contributed by atoms with van der Waals surface area (Å²) in [5.41, 5.74) is 5.55. The first-order valence-corrected chi connectivity index (χ1v) is 4.75. The van der Waals surface area contributed by atoms with E-state index in [0.717, 1.165) is 12.8 Å². The molecule has 0 radical (unpaired) electrons. The van der Waals surface area contributed by atoms with Crippen molar-refractivity contribution in [1.29, 1.82) is 0 Å². The second-order valence-electron chi connectivity index (χ2n) is 2.99. The first-order valence-electron chi connectivity index (χ1n) is 4.75. The van der Waals surface area contributed by atoms with Crippen LogP contribution in [0.1, 0.15) is 32.6 Å². The van der Waals surface area contributed by atoms with Gasteiger partial charge in [0.15, 0.2) is 0 Å². The molecule has 0 heterocycles. The van der Waals surface area contributed by atoms with E-state index in [1.165, 1.54) is 0 Å². The zero-order valence-corrected chi connectivity index (χ0v) is 8.16. The lowest BCUT2D eigenvalue weighted by molar-refractivity contribution is -0.145. The minimum absolute atomic E-state index is 0.0392. The lowest BCUT2D eigenvalue weighted by Crippen LogP contribution is -2.32. The highest BCUT2D eigenvalue weighted by Gasteiger charge is 2.13. The van der Waals surface area contributed by atoms with E-state index < -0.39 is 6.04 Å². The molecular weight excluding hydrogens is 170 g/mol. The molecule has 0 aliphatic rings. The number of carbonyl (C=O) groups excluding carboxylic acids is 1. The van der Waals surface area contributed by atoms with Gasteiger partial charge in [0, 0.05) is 13.0 Å². The maximum absolute atomic E-state index is 11.1. The molecule has 0 amide bonds. The minimum Gasteiger partial charge on any atom is -0.464 e. The molecule has 0 spiro atoms. The van der Waals surface area contributed by atoms with Crippen LogP contribution in [-0.2, 0) is 9.53 Å². The Labute approximate surface area is 79.1 Å². The Balaban J connectivity index is 3.45. The van der Waals surface area contributed by atoms with Gasteiger partial charge in [-0.15, -0.1) is 0 Å². The van der Waals surface area contributed by atoms with Crippen LogP contribution in [0.5, 0.6) is 0 Å². The molecule has 3 N–H and O–H groups in total. The van der Waals surface area contributed by atoms with Crippen molar-refractivity contribution in [2.45, 2.75) is 38.6 Å². The molecule has 4 nitrogen and oxygen atoms in total. The van der Waals surface area contributed by atoms with Crippen molar-refractivity contribution < 1.29 is 14.6 Å². The van der Waals surface area contributed by atoms with E-state index in [1.54, 1.807) is 0 Å². The lowest BCUT2D eigenvalue weighted by atomic mass is 10.1. The van der Waals surface area contributed by atoms with Crippen LogP contribution in [0.4, 0.5) is 0 Å². The molecule has 0 rings (SSSR count). The third-order valence-electron chi connectivity index (χ3n) is 1.72. The van der Waals surface area contributed by atoms with Gasteiger partial charge in [0.1, 0.15) is 6.04 Å². The van der Waals surface area contributed by atoms with Crippen molar-refractivity contribution in [2.75, 3.05) is 13.2 Å². The van der Waals surface area contributed by atoms with E-state index in [2.05, 4.69) is 0 Å². The van der Waals surface area contributed by atoms with Gasteiger partial charge < -0.3 is 15.6 Å². The van der Waals surface area contributed by atoms with Gasteiger partial charge in [-0.2, -0.15) is 0 Å². The summed E-state index contributed by atoms with van der Waals surface area (Å²) in [6.45, 7) is 2.34. The molecule has 0 aliphatic heterocycles. The summed E-state index contributed by atoms with van der Waals surface area (Å²) in [5, 5.41) is 8.44. The van der Waals surface area contributed by atoms with Crippen LogP contribution in [0.2, 0.25) is 0 Å². The van der Waals surface area contributed by atoms with Gasteiger partial charge >= 0.3 is 5.97 Å². The summed E-state index contributed by atoms with van der Waals surface area (Å²) in [5.74, 6) is -0.359. The fourth-order valence-electron chi connectivity index (χ4n) is 0.886. The van der Waals surface area contributed by atoms with E-state index in [-0.39, 0.29) is 19.2 Å². The first-order chi connectivity index (χ1) is 6.22. The summed E-state index contributed by atoms with van der Waals surface area (Å²) in [6.07, 6.45) is 3.12. The minimum atomic E-state index is -0.501. The number of hydrogen-bond donors (Lipinski definition) is 2. The summed E-state index contributed by atoms with van der Waals surface area (Å²) in [4.78, 5) is 11.1. The van der Waals surface area contributed by atoms with Gasteiger partial charge in [-0.3, -0.25) is 4.79 Å². The predicted molar refractivity (Wildman–Crippen MR) is 50.2 cm³/mol. The molecule has 0 aromatic rings. The topological polar surface area (TPSA) is 72.6 Å². The van der Waals surface area contributed by atoms with Crippen molar-refractivity contribution in [2.24, 2.45) is 5.73 Å². The van der Waals surface area contributed by atoms with Gasteiger partial charge in [-0.05, 0) is 6.42 Å². The van der Waals surface area contributed by atoms with Crippen LogP contribution in [0.15, 0.2) is 0 Å². The fraction of sp³-hybridized carbons (Fsp3) is 0.889. The smallest absolute Gasteiger partial charge is 0.322 e. The van der Waals surface area contributed by atoms with Crippen molar-refractivity contribution in [3.63, 3.8) is 0 Å². The van der Waals surface area contributed by atoms with Crippen LogP contribution in [0.3, 0.4) is 0 Å². The van der Waals surface area contributed by atoms with Crippen molar-refractivity contribution >= 4 is 5.97 Å². The van der Waals surface area contributed by atoms with Crippen molar-refractivity contribution in [3.05, 3.63) is 0 Å². The molecule has 1 unspecified atom stereocenters. The molecular formula is C9H19NO3. The first kappa shape index (κ1) is 12.4. The highest BCUT2D eigenvalue weighted by Crippen LogP contribution is 2.00. The Morgan fingerprint density at radius 3 is 2.77 bits per heavy atom. The van der Waals surface area contributed by atoms with Crippen molar-refractivity contribution in [3.8, 4) is 0 Å². The van der Waals surface area contributed by atoms with E-state index in [0.29, 0.717) is 12.8 Å². The summed E-state index contributed by atoms with van der Waals surface area (Å²) >= 11 is 0. The third-order valence-corrected chi connectivity index (χ3v) is 1.72. The average molecular weight is 189 g/mol. The molecule has 78 valence electrons. The molecule has 0 aromatic carbocycles. The van der Waals surface area contributed by atoms with Gasteiger partial charge in [-0.1, -0.05) is 19.8 Å². The SMILES string of the molecule is CCCCC(N)C(=O)OCCCO. The maximum atomic E-state index is 11.1. The van der Waals surface area contributed by atoms with E-state index >= 15 is 0 Å². The molecule has 0 fully saturated rings. The fourth-order valence-corrected chi connectivity index (χ4v) is 0.886. The number of rotatable bonds is 7. The molecule has 0 saturated carbocycles. The van der Waals surface area contributed by atoms with Crippen LogP contribution in [-0.4, -0.2) is 30.3 Å². The van der Waals surface area contributed by atoms with Crippen LogP contribution >= 0.6 is 0 Å². The largest absolute Gasteiger partial charge is 0.464 e. The third kappa shape index (κ3) is 6.54. The number of unbranched alkanes of at least 4 members (excludes halogenated alkanes) is 1. The highest BCUT2D eigenvalue weighted by molar-refractivity contribution is 5.75. The lowest BCUT2D eigenvalue weighted by Gasteiger charge is -2.10. The average Bonchev–Trinajstić information content (AvgIpc) is 2.14. The number of aliphatic hydroxyl groups is 1. The van der Waals surface area contributed by atoms with Gasteiger partial charge in [0.2, 0.25) is 0 Å². The standard InChI is InChI=1S/C9H19NO3/c1-2-3-5-8(10)9(12)13-7-4-6-11/h8,11H,2-7,10H2,1H3. The summed E-state index contributed by atoms with van der Waals surface area (Å²) in [7, 11) is 0. The highest BCUT2D eigenvalue weighted by atomic mass is 16.5. The molecule has 0 aliphatic carbocycles. The van der Waals surface area contributed by atoms with Gasteiger partial charge in [-0.25, -0.2) is 0 Å². The number of nitrogens with two attached hydrogens (primary N) is 1. The molecule has 13 heavy (non-hydrogen) atoms. The number of esters is 1. The monoisotopic (exact) mass is 189 g/mol. The van der Waals surface area contributed by atoms with Crippen molar-refractivity contribution in [1.82, 2.24) is 0 Å². The van der Waals surface area contributed by atoms with Crippen LogP contribution in [0, 0.1) is 0 Å². The Hall–Kier alpha value is -0.610. The van der Waals surface area contributed by atoms with E-state index in [4.69, 9.17) is 15.6 Å². The number of hydrogen-bond acceptors (Lipinski definition) is 4. The summed E-state index contributed by atoms with van der Waals surface area (Å²) in [6, 6.07) is -0.501. The van der Waals surface area contributed by atoms with Crippen LogP contribution < -0.4 is 5.73 Å². The molecule has 0 aromatic heterocycles. The van der Waals surface area contributed by atoms with Gasteiger partial charge in [0.25, 0.3) is 0 Å². The number of aliphatic hydroxyl groups excluding tert-OH is 1. The summed E-state index contributed by atoms with van der Waals surface area (Å²) < 4.78 is 4.82. The molecule has 4 heteroatoms. The molecule has 0 bridgehead atoms. The zero-order chi connectivity index (χ0) is 10.1. The normalized spacial score (nSPS) is 12.5. The second kappa shape index (κ2) is 8.01. The van der Waals surface area contributed by atoms with Gasteiger partial charge in [0.05, 0.1) is 6.61 Å². The second-order valence-corrected chi connectivity index (χ2v) is 2.99. The van der Waals surface area contributed by atoms with Crippen LogP contribution in [0.25, 0.3) is 0 Å². The Kier molecular flexibility index (Phi) is 7.63. The van der Waals surface area contributed by atoms with E-state index in [9.17, 15) is 4.79 Å². The Morgan fingerprint density at radius 2 is 2.23 bits per heavy atom. The van der Waals surface area contributed by atoms with E-state index in [1.807, 2.05) is 6.92 Å². The predicted octanol–water partition coefficient (Wildman–Crippen LogP) is 0.430.